The number of rotatable bonds is 11. The second-order valence-electron chi connectivity index (χ2n) is 9.88. The van der Waals surface area contributed by atoms with Gasteiger partial charge in [-0.2, -0.15) is 0 Å². The maximum absolute atomic E-state index is 13.4. The third kappa shape index (κ3) is 7.75. The number of carboxylic acids is 1. The van der Waals surface area contributed by atoms with E-state index >= 15 is 0 Å². The Morgan fingerprint density at radius 3 is 2.38 bits per heavy atom. The van der Waals surface area contributed by atoms with Gasteiger partial charge in [0.25, 0.3) is 5.91 Å². The van der Waals surface area contributed by atoms with Crippen LogP contribution in [-0.4, -0.2) is 87.6 Å². The van der Waals surface area contributed by atoms with Gasteiger partial charge in [-0.15, -0.1) is 0 Å². The van der Waals surface area contributed by atoms with Gasteiger partial charge in [-0.05, 0) is 31.7 Å². The van der Waals surface area contributed by atoms with E-state index in [2.05, 4.69) is 15.3 Å². The van der Waals surface area contributed by atoms with Crippen LogP contribution in [0.15, 0.2) is 36.4 Å². The zero-order chi connectivity index (χ0) is 27.8. The molecule has 4 rings (SSSR count). The second kappa shape index (κ2) is 13.2. The summed E-state index contributed by atoms with van der Waals surface area (Å²) in [7, 11) is 0. The monoisotopic (exact) mass is 537 g/mol. The molecule has 39 heavy (non-hydrogen) atoms. The van der Waals surface area contributed by atoms with E-state index in [4.69, 9.17) is 4.74 Å². The van der Waals surface area contributed by atoms with Crippen molar-refractivity contribution in [2.45, 2.75) is 57.4 Å². The molecule has 1 aliphatic heterocycles. The number of amides is 3. The van der Waals surface area contributed by atoms with Crippen molar-refractivity contribution in [1.29, 1.82) is 0 Å². The van der Waals surface area contributed by atoms with E-state index in [9.17, 15) is 24.3 Å². The van der Waals surface area contributed by atoms with Gasteiger partial charge in [0.2, 0.25) is 5.91 Å². The van der Waals surface area contributed by atoms with Crippen molar-refractivity contribution >= 4 is 23.9 Å². The molecule has 208 valence electrons. The van der Waals surface area contributed by atoms with Gasteiger partial charge in [0, 0.05) is 49.8 Å². The van der Waals surface area contributed by atoms with Gasteiger partial charge >= 0.3 is 12.1 Å². The SMILES string of the molecule is CCCCOC(=O)N1CCN(C(=O)C(CCC(=O)O)NC(=O)c2cc(C3CC3)nc(-c3ccccc3)n2)CC1. The number of aromatic nitrogens is 2. The fourth-order valence-electron chi connectivity index (χ4n) is 4.37. The van der Waals surface area contributed by atoms with Crippen LogP contribution in [0.2, 0.25) is 0 Å². The molecule has 3 amide bonds. The molecule has 1 aliphatic carbocycles. The van der Waals surface area contributed by atoms with Crippen LogP contribution in [-0.2, 0) is 14.3 Å². The molecule has 1 saturated heterocycles. The van der Waals surface area contributed by atoms with Crippen LogP contribution in [0.3, 0.4) is 0 Å². The lowest BCUT2D eigenvalue weighted by atomic mass is 10.1. The zero-order valence-electron chi connectivity index (χ0n) is 22.2. The van der Waals surface area contributed by atoms with E-state index in [1.807, 2.05) is 37.3 Å². The summed E-state index contributed by atoms with van der Waals surface area (Å²) in [5.74, 6) is -1.30. The molecule has 2 fully saturated rings. The minimum Gasteiger partial charge on any atom is -0.481 e. The van der Waals surface area contributed by atoms with Gasteiger partial charge < -0.3 is 25.0 Å². The number of ether oxygens (including phenoxy) is 1. The Balaban J connectivity index is 1.45. The van der Waals surface area contributed by atoms with Crippen LogP contribution in [0.25, 0.3) is 11.4 Å². The topological polar surface area (TPSA) is 142 Å². The lowest BCUT2D eigenvalue weighted by Crippen LogP contribution is -2.56. The Morgan fingerprint density at radius 2 is 1.74 bits per heavy atom. The van der Waals surface area contributed by atoms with Crippen molar-refractivity contribution in [3.05, 3.63) is 47.8 Å². The second-order valence-corrected chi connectivity index (χ2v) is 9.88. The van der Waals surface area contributed by atoms with E-state index < -0.39 is 24.0 Å². The molecule has 2 aliphatic rings. The lowest BCUT2D eigenvalue weighted by molar-refractivity contribution is -0.138. The van der Waals surface area contributed by atoms with Crippen molar-refractivity contribution in [2.24, 2.45) is 0 Å². The summed E-state index contributed by atoms with van der Waals surface area (Å²) in [5, 5.41) is 12.0. The van der Waals surface area contributed by atoms with E-state index in [1.54, 1.807) is 15.9 Å². The van der Waals surface area contributed by atoms with Crippen LogP contribution in [0.1, 0.15) is 67.5 Å². The van der Waals surface area contributed by atoms with Crippen molar-refractivity contribution < 1.29 is 29.0 Å². The van der Waals surface area contributed by atoms with E-state index in [0.717, 1.165) is 36.9 Å². The Labute approximate surface area is 227 Å². The van der Waals surface area contributed by atoms with Gasteiger partial charge in [0.15, 0.2) is 5.82 Å². The van der Waals surface area contributed by atoms with Crippen molar-refractivity contribution in [3.63, 3.8) is 0 Å². The summed E-state index contributed by atoms with van der Waals surface area (Å²) >= 11 is 0. The molecule has 2 heterocycles. The Morgan fingerprint density at radius 1 is 1.05 bits per heavy atom. The molecule has 1 saturated carbocycles. The highest BCUT2D eigenvalue weighted by molar-refractivity contribution is 5.96. The number of carbonyl (C=O) groups excluding carboxylic acids is 3. The van der Waals surface area contributed by atoms with E-state index in [1.165, 1.54) is 0 Å². The number of piperazine rings is 1. The first-order chi connectivity index (χ1) is 18.9. The molecule has 1 aromatic heterocycles. The number of hydrogen-bond donors (Lipinski definition) is 2. The van der Waals surface area contributed by atoms with Crippen LogP contribution in [0.4, 0.5) is 4.79 Å². The highest BCUT2D eigenvalue weighted by Crippen LogP contribution is 2.39. The molecule has 0 spiro atoms. The third-order valence-electron chi connectivity index (χ3n) is 6.83. The lowest BCUT2D eigenvalue weighted by Gasteiger charge is -2.36. The van der Waals surface area contributed by atoms with E-state index in [0.29, 0.717) is 25.5 Å². The first-order valence-corrected chi connectivity index (χ1v) is 13.5. The minimum absolute atomic E-state index is 0.0642. The van der Waals surface area contributed by atoms with Gasteiger partial charge in [0.05, 0.1) is 6.61 Å². The first kappa shape index (κ1) is 28.0. The smallest absolute Gasteiger partial charge is 0.409 e. The molecule has 1 aromatic carbocycles. The van der Waals surface area contributed by atoms with Gasteiger partial charge in [-0.3, -0.25) is 14.4 Å². The highest BCUT2D eigenvalue weighted by Gasteiger charge is 2.32. The summed E-state index contributed by atoms with van der Waals surface area (Å²) in [6.45, 7) is 3.49. The molecule has 0 radical (unpaired) electrons. The number of carbonyl (C=O) groups is 4. The molecule has 11 heteroatoms. The summed E-state index contributed by atoms with van der Waals surface area (Å²) < 4.78 is 5.25. The molecule has 2 N–H and O–H groups in total. The normalized spacial score (nSPS) is 15.9. The number of unbranched alkanes of at least 4 members (excludes halogenated alkanes) is 1. The number of nitrogens with zero attached hydrogens (tertiary/aromatic N) is 4. The molecule has 1 unspecified atom stereocenters. The fourth-order valence-corrected chi connectivity index (χ4v) is 4.37. The average molecular weight is 538 g/mol. The molecule has 1 atom stereocenters. The van der Waals surface area contributed by atoms with Crippen LogP contribution in [0, 0.1) is 0 Å². The molecule has 0 bridgehead atoms. The summed E-state index contributed by atoms with van der Waals surface area (Å²) in [6, 6.07) is 9.96. The maximum Gasteiger partial charge on any atom is 0.409 e. The highest BCUT2D eigenvalue weighted by atomic mass is 16.6. The van der Waals surface area contributed by atoms with Crippen LogP contribution < -0.4 is 5.32 Å². The first-order valence-electron chi connectivity index (χ1n) is 13.5. The fraction of sp³-hybridized carbons (Fsp3) is 0.500. The number of nitrogens with one attached hydrogen (secondary N) is 1. The minimum atomic E-state index is -1.06. The summed E-state index contributed by atoms with van der Waals surface area (Å²) in [4.78, 5) is 62.5. The zero-order valence-corrected chi connectivity index (χ0v) is 22.2. The van der Waals surface area contributed by atoms with Gasteiger partial charge in [-0.1, -0.05) is 43.7 Å². The molecule has 2 aromatic rings. The van der Waals surface area contributed by atoms with Crippen molar-refractivity contribution in [1.82, 2.24) is 25.1 Å². The summed E-state index contributed by atoms with van der Waals surface area (Å²) in [6.07, 6.45) is 2.93. The predicted octanol–water partition coefficient (Wildman–Crippen LogP) is 3.07. The van der Waals surface area contributed by atoms with Crippen LogP contribution >= 0.6 is 0 Å². The van der Waals surface area contributed by atoms with Crippen molar-refractivity contribution in [3.8, 4) is 11.4 Å². The number of carboxylic acid groups (broad SMARTS) is 1. The van der Waals surface area contributed by atoms with E-state index in [-0.39, 0.29) is 43.5 Å². The number of hydrogen-bond acceptors (Lipinski definition) is 7. The van der Waals surface area contributed by atoms with Gasteiger partial charge in [0.1, 0.15) is 11.7 Å². The number of aliphatic carboxylic acids is 1. The van der Waals surface area contributed by atoms with Gasteiger partial charge in [-0.25, -0.2) is 14.8 Å². The van der Waals surface area contributed by atoms with Crippen LogP contribution in [0.5, 0.6) is 0 Å². The molecular formula is C28H35N5O6. The maximum atomic E-state index is 13.4. The predicted molar refractivity (Wildman–Crippen MR) is 142 cm³/mol. The molecule has 11 nitrogen and oxygen atoms in total. The Hall–Kier alpha value is -4.02. The molecular weight excluding hydrogens is 502 g/mol. The quantitative estimate of drug-likeness (QED) is 0.417. The Kier molecular flexibility index (Phi) is 9.45. The summed E-state index contributed by atoms with van der Waals surface area (Å²) in [5.41, 5.74) is 1.70. The van der Waals surface area contributed by atoms with Crippen molar-refractivity contribution in [2.75, 3.05) is 32.8 Å². The average Bonchev–Trinajstić information content (AvgIpc) is 3.81. The third-order valence-corrected chi connectivity index (χ3v) is 6.83. The standard InChI is InChI=1S/C28H35N5O6/c1-2-3-17-39-28(38)33-15-13-32(14-16-33)27(37)21(11-12-24(34)35)31-26(36)23-18-22(19-9-10-19)29-25(30-23)20-7-5-4-6-8-20/h4-8,18-19,21H,2-3,9-17H2,1H3,(H,31,36)(H,34,35). The number of benzene rings is 1. The Bertz CT molecular complexity index is 1180. The largest absolute Gasteiger partial charge is 0.481 e.